The molecule has 0 amide bonds. The van der Waals surface area contributed by atoms with Crippen molar-refractivity contribution < 1.29 is 9.68 Å². The van der Waals surface area contributed by atoms with E-state index in [-0.39, 0.29) is 0 Å². The number of benzene rings is 2. The fraction of sp³-hybridized carbons (Fsp3) is 0.381. The average molecular weight is 321 g/mol. The molecule has 2 aliphatic heterocycles. The molecule has 4 rings (SSSR count). The van der Waals surface area contributed by atoms with Gasteiger partial charge in [0.25, 0.3) is 5.72 Å². The molecule has 0 aliphatic carbocycles. The molecule has 2 aliphatic rings. The van der Waals surface area contributed by atoms with Gasteiger partial charge in [-0.2, -0.15) is 0 Å². The van der Waals surface area contributed by atoms with Gasteiger partial charge in [0.05, 0.1) is 6.54 Å². The summed E-state index contributed by atoms with van der Waals surface area (Å²) in [5.74, 6) is 1.31. The monoisotopic (exact) mass is 321 g/mol. The quantitative estimate of drug-likeness (QED) is 0.878. The Bertz CT molecular complexity index is 726. The van der Waals surface area contributed by atoms with Gasteiger partial charge in [0.1, 0.15) is 6.54 Å². The molecule has 0 fully saturated rings. The zero-order valence-electron chi connectivity index (χ0n) is 14.1. The second-order valence-corrected chi connectivity index (χ2v) is 6.90. The Morgan fingerprint density at radius 1 is 0.917 bits per heavy atom. The van der Waals surface area contributed by atoms with Crippen LogP contribution < -0.4 is 0 Å². The van der Waals surface area contributed by atoms with E-state index in [1.807, 2.05) is 36.4 Å². The third-order valence-electron chi connectivity index (χ3n) is 5.28. The van der Waals surface area contributed by atoms with Crippen LogP contribution in [0.1, 0.15) is 36.8 Å². The Morgan fingerprint density at radius 2 is 1.62 bits per heavy atom. The van der Waals surface area contributed by atoms with Gasteiger partial charge in [-0.15, -0.1) is 0 Å². The maximum Gasteiger partial charge on any atom is 0.270 e. The summed E-state index contributed by atoms with van der Waals surface area (Å²) in [5.41, 5.74) is 1.29. The molecule has 2 heterocycles. The standard InChI is InChI=1S/C21H25N2O/c24-21(19-12-6-2-7-13-19)17-22-15-9-3-8-14-20(22)23(21)16-18-10-4-1-5-11-18/h1-2,4-7,10-13,24H,3,8-9,14-17H2/q+1/t21-/m0/s1. The fourth-order valence-corrected chi connectivity index (χ4v) is 4.03. The summed E-state index contributed by atoms with van der Waals surface area (Å²) in [7, 11) is 0. The van der Waals surface area contributed by atoms with Crippen LogP contribution in [0.4, 0.5) is 0 Å². The molecule has 24 heavy (non-hydrogen) atoms. The van der Waals surface area contributed by atoms with E-state index in [9.17, 15) is 5.11 Å². The molecule has 2 aromatic carbocycles. The molecule has 0 saturated heterocycles. The van der Waals surface area contributed by atoms with Gasteiger partial charge in [-0.1, -0.05) is 60.7 Å². The SMILES string of the molecule is O[C@]1(c2ccccc2)C[N+]2=C(CCCCC2)N1Cc1ccccc1. The molecule has 2 aromatic rings. The molecule has 3 nitrogen and oxygen atoms in total. The minimum absolute atomic E-state index is 0.666. The van der Waals surface area contributed by atoms with Crippen LogP contribution in [-0.2, 0) is 12.3 Å². The van der Waals surface area contributed by atoms with Gasteiger partial charge in [-0.25, -0.2) is 4.90 Å². The van der Waals surface area contributed by atoms with Crippen LogP contribution in [0.15, 0.2) is 60.7 Å². The maximum absolute atomic E-state index is 11.7. The highest BCUT2D eigenvalue weighted by Crippen LogP contribution is 2.34. The van der Waals surface area contributed by atoms with E-state index in [1.54, 1.807) is 0 Å². The van der Waals surface area contributed by atoms with E-state index in [1.165, 1.54) is 30.7 Å². The first-order chi connectivity index (χ1) is 11.8. The third-order valence-corrected chi connectivity index (χ3v) is 5.28. The van der Waals surface area contributed by atoms with Crippen molar-refractivity contribution in [3.8, 4) is 0 Å². The topological polar surface area (TPSA) is 26.5 Å². The number of hydrogen-bond donors (Lipinski definition) is 1. The van der Waals surface area contributed by atoms with E-state index in [0.717, 1.165) is 25.1 Å². The molecule has 3 heteroatoms. The van der Waals surface area contributed by atoms with Crippen molar-refractivity contribution >= 4 is 5.84 Å². The van der Waals surface area contributed by atoms with Gasteiger partial charge >= 0.3 is 0 Å². The Hall–Kier alpha value is -2.13. The zero-order valence-corrected chi connectivity index (χ0v) is 14.1. The Labute approximate surface area is 143 Å². The first-order valence-corrected chi connectivity index (χ1v) is 8.98. The Kier molecular flexibility index (Phi) is 4.11. The number of hydrogen-bond acceptors (Lipinski definition) is 2. The van der Waals surface area contributed by atoms with Gasteiger partial charge in [0, 0.05) is 12.0 Å². The molecule has 1 N–H and O–H groups in total. The molecular formula is C21H25N2O+. The second-order valence-electron chi connectivity index (χ2n) is 6.90. The Balaban J connectivity index is 1.74. The largest absolute Gasteiger partial charge is 0.346 e. The van der Waals surface area contributed by atoms with Crippen molar-refractivity contribution in [2.75, 3.05) is 13.1 Å². The lowest BCUT2D eigenvalue weighted by Gasteiger charge is -2.29. The molecule has 0 unspecified atom stereocenters. The molecule has 0 radical (unpaired) electrons. The van der Waals surface area contributed by atoms with Crippen molar-refractivity contribution in [1.29, 1.82) is 0 Å². The number of nitrogens with zero attached hydrogens (tertiary/aromatic N) is 2. The van der Waals surface area contributed by atoms with Crippen molar-refractivity contribution in [3.63, 3.8) is 0 Å². The van der Waals surface area contributed by atoms with Crippen molar-refractivity contribution in [2.24, 2.45) is 0 Å². The molecule has 0 spiro atoms. The lowest BCUT2D eigenvalue weighted by Crippen LogP contribution is -2.46. The van der Waals surface area contributed by atoms with Crippen LogP contribution in [0.3, 0.4) is 0 Å². The second kappa shape index (κ2) is 6.40. The molecule has 0 saturated carbocycles. The minimum Gasteiger partial charge on any atom is -0.346 e. The normalized spacial score (nSPS) is 24.0. The van der Waals surface area contributed by atoms with E-state index >= 15 is 0 Å². The van der Waals surface area contributed by atoms with E-state index in [4.69, 9.17) is 0 Å². The maximum atomic E-state index is 11.7. The van der Waals surface area contributed by atoms with Gasteiger partial charge < -0.3 is 5.11 Å². The van der Waals surface area contributed by atoms with Gasteiger partial charge in [0.15, 0.2) is 6.54 Å². The summed E-state index contributed by atoms with van der Waals surface area (Å²) in [5, 5.41) is 11.7. The predicted octanol–water partition coefficient (Wildman–Crippen LogP) is 3.33. The lowest BCUT2D eigenvalue weighted by atomic mass is 10.00. The molecule has 1 atom stereocenters. The molecule has 124 valence electrons. The average Bonchev–Trinajstić information content (AvgIpc) is 2.77. The van der Waals surface area contributed by atoms with Crippen molar-refractivity contribution in [3.05, 3.63) is 71.8 Å². The summed E-state index contributed by atoms with van der Waals surface area (Å²) in [6.07, 6.45) is 4.76. The summed E-state index contributed by atoms with van der Waals surface area (Å²) >= 11 is 0. The third kappa shape index (κ3) is 2.73. The van der Waals surface area contributed by atoms with Crippen LogP contribution >= 0.6 is 0 Å². The summed E-state index contributed by atoms with van der Waals surface area (Å²) in [6, 6.07) is 20.6. The highest BCUT2D eigenvalue weighted by atomic mass is 16.3. The van der Waals surface area contributed by atoms with Crippen LogP contribution in [-0.4, -0.2) is 33.5 Å². The van der Waals surface area contributed by atoms with Crippen molar-refractivity contribution in [2.45, 2.75) is 38.0 Å². The molecular weight excluding hydrogens is 296 g/mol. The van der Waals surface area contributed by atoms with Crippen LogP contribution in [0.25, 0.3) is 0 Å². The van der Waals surface area contributed by atoms with Crippen LogP contribution in [0, 0.1) is 0 Å². The van der Waals surface area contributed by atoms with Crippen LogP contribution in [0.2, 0.25) is 0 Å². The predicted molar refractivity (Wildman–Crippen MR) is 95.8 cm³/mol. The van der Waals surface area contributed by atoms with E-state index < -0.39 is 5.72 Å². The lowest BCUT2D eigenvalue weighted by molar-refractivity contribution is -0.534. The fourth-order valence-electron chi connectivity index (χ4n) is 4.03. The van der Waals surface area contributed by atoms with Gasteiger partial charge in [-0.05, 0) is 24.8 Å². The summed E-state index contributed by atoms with van der Waals surface area (Å²) in [4.78, 5) is 2.24. The smallest absolute Gasteiger partial charge is 0.270 e. The highest BCUT2D eigenvalue weighted by Gasteiger charge is 2.52. The van der Waals surface area contributed by atoms with Crippen LogP contribution in [0.5, 0.6) is 0 Å². The number of amidine groups is 1. The highest BCUT2D eigenvalue weighted by molar-refractivity contribution is 5.79. The summed E-state index contributed by atoms with van der Waals surface area (Å²) in [6.45, 7) is 2.47. The first kappa shape index (κ1) is 15.4. The van der Waals surface area contributed by atoms with Gasteiger partial charge in [0.2, 0.25) is 5.84 Å². The first-order valence-electron chi connectivity index (χ1n) is 8.98. The zero-order chi connectivity index (χ0) is 16.4. The molecule has 0 aromatic heterocycles. The Morgan fingerprint density at radius 3 is 2.38 bits per heavy atom. The summed E-state index contributed by atoms with van der Waals surface area (Å²) < 4.78 is 2.41. The minimum atomic E-state index is -0.941. The van der Waals surface area contributed by atoms with Crippen molar-refractivity contribution in [1.82, 2.24) is 4.90 Å². The van der Waals surface area contributed by atoms with Gasteiger partial charge in [-0.3, -0.25) is 4.58 Å². The number of rotatable bonds is 3. The number of aliphatic hydroxyl groups is 1. The van der Waals surface area contributed by atoms with E-state index in [2.05, 4.69) is 33.7 Å². The van der Waals surface area contributed by atoms with E-state index in [0.29, 0.717) is 6.54 Å². The molecule has 0 bridgehead atoms.